The van der Waals surface area contributed by atoms with Gasteiger partial charge in [-0.1, -0.05) is 27.5 Å². The Morgan fingerprint density at radius 1 is 1.60 bits per heavy atom. The average Bonchev–Trinajstić information content (AvgIpc) is 2.84. The van der Waals surface area contributed by atoms with Gasteiger partial charge in [0.1, 0.15) is 0 Å². The van der Waals surface area contributed by atoms with Crippen molar-refractivity contribution in [3.05, 3.63) is 39.6 Å². The first-order valence-corrected chi connectivity index (χ1v) is 6.86. The maximum Gasteiger partial charge on any atom is 0.0955 e. The standard InChI is InChI=1S/C10H10BrClN2S/c1-7(9-2-3-10(12)15-9)14-5-8(4-11)13-6-14/h2-3,5-7H,4H2,1H3. The van der Waals surface area contributed by atoms with E-state index in [2.05, 4.69) is 38.5 Å². The van der Waals surface area contributed by atoms with Crippen LogP contribution in [-0.4, -0.2) is 9.55 Å². The van der Waals surface area contributed by atoms with Gasteiger partial charge < -0.3 is 4.57 Å². The zero-order valence-corrected chi connectivity index (χ0v) is 11.3. The number of hydrogen-bond donors (Lipinski definition) is 0. The van der Waals surface area contributed by atoms with Crippen LogP contribution >= 0.6 is 38.9 Å². The first-order valence-electron chi connectivity index (χ1n) is 4.54. The Morgan fingerprint density at radius 2 is 2.40 bits per heavy atom. The third-order valence-electron chi connectivity index (χ3n) is 2.24. The van der Waals surface area contributed by atoms with Gasteiger partial charge in [0.15, 0.2) is 0 Å². The van der Waals surface area contributed by atoms with Crippen LogP contribution in [0, 0.1) is 0 Å². The third kappa shape index (κ3) is 2.44. The molecule has 0 bridgehead atoms. The van der Waals surface area contributed by atoms with Crippen molar-refractivity contribution in [3.8, 4) is 0 Å². The topological polar surface area (TPSA) is 17.8 Å². The van der Waals surface area contributed by atoms with E-state index >= 15 is 0 Å². The summed E-state index contributed by atoms with van der Waals surface area (Å²) in [7, 11) is 0. The molecule has 1 atom stereocenters. The summed E-state index contributed by atoms with van der Waals surface area (Å²) in [6, 6.07) is 4.29. The fourth-order valence-corrected chi connectivity index (χ4v) is 2.77. The van der Waals surface area contributed by atoms with Gasteiger partial charge in [0.2, 0.25) is 0 Å². The van der Waals surface area contributed by atoms with Crippen LogP contribution in [0.3, 0.4) is 0 Å². The minimum Gasteiger partial charge on any atom is -0.329 e. The molecule has 0 radical (unpaired) electrons. The SMILES string of the molecule is CC(c1ccc(Cl)s1)n1cnc(CBr)c1. The third-order valence-corrected chi connectivity index (χ3v) is 4.22. The minimum absolute atomic E-state index is 0.294. The van der Waals surface area contributed by atoms with Crippen molar-refractivity contribution in [1.29, 1.82) is 0 Å². The molecule has 5 heteroatoms. The fourth-order valence-electron chi connectivity index (χ4n) is 1.36. The molecule has 0 amide bonds. The number of nitrogens with zero attached hydrogens (tertiary/aromatic N) is 2. The molecule has 80 valence electrons. The first kappa shape index (κ1) is 11.2. The largest absolute Gasteiger partial charge is 0.329 e. The number of alkyl halides is 1. The van der Waals surface area contributed by atoms with Gasteiger partial charge in [-0.3, -0.25) is 0 Å². The van der Waals surface area contributed by atoms with E-state index in [1.807, 2.05) is 18.6 Å². The highest BCUT2D eigenvalue weighted by molar-refractivity contribution is 9.08. The van der Waals surface area contributed by atoms with E-state index in [4.69, 9.17) is 11.6 Å². The molecule has 0 spiro atoms. The number of halogens is 2. The van der Waals surface area contributed by atoms with Crippen LogP contribution in [-0.2, 0) is 5.33 Å². The molecule has 0 saturated carbocycles. The highest BCUT2D eigenvalue weighted by Crippen LogP contribution is 2.29. The molecule has 0 aliphatic rings. The van der Waals surface area contributed by atoms with Gasteiger partial charge in [0, 0.05) is 16.4 Å². The monoisotopic (exact) mass is 304 g/mol. The molecule has 2 aromatic heterocycles. The highest BCUT2D eigenvalue weighted by atomic mass is 79.9. The molecular weight excluding hydrogens is 296 g/mol. The average molecular weight is 306 g/mol. The van der Waals surface area contributed by atoms with Crippen LogP contribution in [0.2, 0.25) is 4.34 Å². The van der Waals surface area contributed by atoms with E-state index < -0.39 is 0 Å². The molecule has 0 aliphatic carbocycles. The molecule has 0 fully saturated rings. The fraction of sp³-hybridized carbons (Fsp3) is 0.300. The Kier molecular flexibility index (Phi) is 3.49. The summed E-state index contributed by atoms with van der Waals surface area (Å²) in [5.74, 6) is 0. The van der Waals surface area contributed by atoms with Crippen LogP contribution in [0.4, 0.5) is 0 Å². The molecule has 2 aromatic rings. The number of rotatable bonds is 3. The van der Waals surface area contributed by atoms with Crippen molar-refractivity contribution in [2.24, 2.45) is 0 Å². The van der Waals surface area contributed by atoms with E-state index in [1.54, 1.807) is 11.3 Å². The van der Waals surface area contributed by atoms with Crippen molar-refractivity contribution >= 4 is 38.9 Å². The second-order valence-electron chi connectivity index (χ2n) is 3.26. The summed E-state index contributed by atoms with van der Waals surface area (Å²) in [6.07, 6.45) is 3.90. The molecule has 15 heavy (non-hydrogen) atoms. The number of aromatic nitrogens is 2. The summed E-state index contributed by atoms with van der Waals surface area (Å²) >= 11 is 10.9. The van der Waals surface area contributed by atoms with Gasteiger partial charge in [-0.2, -0.15) is 0 Å². The smallest absolute Gasteiger partial charge is 0.0955 e. The number of hydrogen-bond acceptors (Lipinski definition) is 2. The van der Waals surface area contributed by atoms with Gasteiger partial charge >= 0.3 is 0 Å². The molecule has 0 aliphatic heterocycles. The Bertz CT molecular complexity index is 452. The van der Waals surface area contributed by atoms with Crippen molar-refractivity contribution in [2.45, 2.75) is 18.3 Å². The lowest BCUT2D eigenvalue weighted by Gasteiger charge is -2.09. The molecule has 2 nitrogen and oxygen atoms in total. The van der Waals surface area contributed by atoms with Crippen molar-refractivity contribution in [1.82, 2.24) is 9.55 Å². The maximum absolute atomic E-state index is 5.91. The van der Waals surface area contributed by atoms with Crippen molar-refractivity contribution in [2.75, 3.05) is 0 Å². The summed E-state index contributed by atoms with van der Waals surface area (Å²) in [5, 5.41) is 0.790. The van der Waals surface area contributed by atoms with E-state index in [9.17, 15) is 0 Å². The van der Waals surface area contributed by atoms with E-state index in [0.717, 1.165) is 15.4 Å². The lowest BCUT2D eigenvalue weighted by atomic mass is 10.3. The lowest BCUT2D eigenvalue weighted by Crippen LogP contribution is -2.01. The van der Waals surface area contributed by atoms with Gasteiger partial charge in [-0.15, -0.1) is 11.3 Å². The van der Waals surface area contributed by atoms with E-state index in [1.165, 1.54) is 4.88 Å². The zero-order valence-electron chi connectivity index (χ0n) is 8.15. The Labute approximate surface area is 106 Å². The Balaban J connectivity index is 2.23. The predicted octanol–water partition coefficient (Wildman–Crippen LogP) is 4.10. The predicted molar refractivity (Wildman–Crippen MR) is 68.0 cm³/mol. The van der Waals surface area contributed by atoms with Gasteiger partial charge in [0.25, 0.3) is 0 Å². The summed E-state index contributed by atoms with van der Waals surface area (Å²) in [5.41, 5.74) is 1.05. The van der Waals surface area contributed by atoms with E-state index in [-0.39, 0.29) is 0 Å². The molecule has 0 aromatic carbocycles. The van der Waals surface area contributed by atoms with Crippen molar-refractivity contribution in [3.63, 3.8) is 0 Å². The van der Waals surface area contributed by atoms with Crippen LogP contribution in [0.1, 0.15) is 23.5 Å². The van der Waals surface area contributed by atoms with Crippen LogP contribution in [0.15, 0.2) is 24.7 Å². The summed E-state index contributed by atoms with van der Waals surface area (Å²) < 4.78 is 2.93. The summed E-state index contributed by atoms with van der Waals surface area (Å²) in [6.45, 7) is 2.14. The van der Waals surface area contributed by atoms with E-state index in [0.29, 0.717) is 6.04 Å². The molecule has 0 saturated heterocycles. The second kappa shape index (κ2) is 4.68. The lowest BCUT2D eigenvalue weighted by molar-refractivity contribution is 0.649. The number of imidazole rings is 1. The highest BCUT2D eigenvalue weighted by Gasteiger charge is 2.10. The van der Waals surface area contributed by atoms with Gasteiger partial charge in [0.05, 0.1) is 22.4 Å². The normalized spacial score (nSPS) is 13.0. The van der Waals surface area contributed by atoms with Crippen molar-refractivity contribution < 1.29 is 0 Å². The van der Waals surface area contributed by atoms with Crippen LogP contribution in [0.25, 0.3) is 0 Å². The Morgan fingerprint density at radius 3 is 2.93 bits per heavy atom. The quantitative estimate of drug-likeness (QED) is 0.781. The second-order valence-corrected chi connectivity index (χ2v) is 5.57. The molecular formula is C10H10BrClN2S. The number of thiophene rings is 1. The molecule has 1 unspecified atom stereocenters. The van der Waals surface area contributed by atoms with Crippen LogP contribution in [0.5, 0.6) is 0 Å². The minimum atomic E-state index is 0.294. The molecule has 2 rings (SSSR count). The molecule has 0 N–H and O–H groups in total. The van der Waals surface area contributed by atoms with Gasteiger partial charge in [-0.25, -0.2) is 4.98 Å². The Hall–Kier alpha value is -0.320. The molecule has 2 heterocycles. The maximum atomic E-state index is 5.91. The van der Waals surface area contributed by atoms with Crippen LogP contribution < -0.4 is 0 Å². The first-order chi connectivity index (χ1) is 7.20. The zero-order chi connectivity index (χ0) is 10.8. The summed E-state index contributed by atoms with van der Waals surface area (Å²) in [4.78, 5) is 5.52. The van der Waals surface area contributed by atoms with Gasteiger partial charge in [-0.05, 0) is 19.1 Å².